The number of hydrogen-bond donors (Lipinski definition) is 2. The van der Waals surface area contributed by atoms with Crippen molar-refractivity contribution in [3.63, 3.8) is 0 Å². The molecule has 0 radical (unpaired) electrons. The van der Waals surface area contributed by atoms with Crippen LogP contribution in [0, 0.1) is 5.82 Å². The van der Waals surface area contributed by atoms with Crippen LogP contribution in [0.15, 0.2) is 18.5 Å². The Labute approximate surface area is 110 Å². The van der Waals surface area contributed by atoms with Gasteiger partial charge in [-0.25, -0.2) is 4.39 Å². The molecule has 0 amide bonds. The van der Waals surface area contributed by atoms with Crippen molar-refractivity contribution < 1.29 is 4.39 Å². The molecule has 6 nitrogen and oxygen atoms in total. The molecule has 0 unspecified atom stereocenters. The molecule has 1 aliphatic heterocycles. The molecule has 1 aliphatic rings. The molecular weight excluding hydrogens is 247 g/mol. The van der Waals surface area contributed by atoms with Gasteiger partial charge in [-0.1, -0.05) is 0 Å². The zero-order valence-corrected chi connectivity index (χ0v) is 10.4. The molecule has 1 saturated heterocycles. The van der Waals surface area contributed by atoms with Crippen molar-refractivity contribution in [2.75, 3.05) is 31.1 Å². The van der Waals surface area contributed by atoms with Gasteiger partial charge in [0.1, 0.15) is 5.82 Å². The first kappa shape index (κ1) is 12.0. The number of nitrogens with zero attached hydrogens (tertiary/aromatic N) is 4. The molecule has 100 valence electrons. The minimum absolute atomic E-state index is 0.380. The molecule has 2 aromatic heterocycles. The minimum atomic E-state index is -0.380. The fourth-order valence-electron chi connectivity index (χ4n) is 2.11. The van der Waals surface area contributed by atoms with Crippen molar-refractivity contribution in [2.45, 2.75) is 6.42 Å². The Hall–Kier alpha value is -2.02. The summed E-state index contributed by atoms with van der Waals surface area (Å²) in [5.74, 6) is 0.816. The molecule has 0 spiro atoms. The minimum Gasteiger partial charge on any atom is -0.338 e. The third-order valence-corrected chi connectivity index (χ3v) is 3.07. The van der Waals surface area contributed by atoms with Crippen molar-refractivity contribution in [1.29, 1.82) is 0 Å². The highest BCUT2D eigenvalue weighted by molar-refractivity contribution is 5.54. The molecular formula is C12H15FN6. The van der Waals surface area contributed by atoms with Gasteiger partial charge >= 0.3 is 0 Å². The molecule has 0 aliphatic carbocycles. The highest BCUT2D eigenvalue weighted by atomic mass is 19.1. The Morgan fingerprint density at radius 3 is 3.05 bits per heavy atom. The lowest BCUT2D eigenvalue weighted by Gasteiger charge is -2.16. The number of aromatic nitrogens is 4. The van der Waals surface area contributed by atoms with E-state index in [4.69, 9.17) is 0 Å². The third kappa shape index (κ3) is 2.70. The number of H-pyrrole nitrogens is 1. The number of rotatable bonds is 2. The summed E-state index contributed by atoms with van der Waals surface area (Å²) < 4.78 is 13.1. The van der Waals surface area contributed by atoms with Gasteiger partial charge in [0.15, 0.2) is 5.82 Å². The van der Waals surface area contributed by atoms with E-state index in [9.17, 15) is 4.39 Å². The molecule has 0 aromatic carbocycles. The number of anilines is 1. The van der Waals surface area contributed by atoms with Crippen LogP contribution in [0.5, 0.6) is 0 Å². The first-order valence-electron chi connectivity index (χ1n) is 6.32. The lowest BCUT2D eigenvalue weighted by Crippen LogP contribution is -2.28. The Morgan fingerprint density at radius 1 is 1.21 bits per heavy atom. The van der Waals surface area contributed by atoms with Crippen molar-refractivity contribution in [3.05, 3.63) is 24.3 Å². The van der Waals surface area contributed by atoms with Crippen LogP contribution >= 0.6 is 0 Å². The molecule has 7 heteroatoms. The van der Waals surface area contributed by atoms with Gasteiger partial charge in [-0.05, 0) is 19.0 Å². The summed E-state index contributed by atoms with van der Waals surface area (Å²) >= 11 is 0. The molecule has 2 N–H and O–H groups in total. The quantitative estimate of drug-likeness (QED) is 0.838. The van der Waals surface area contributed by atoms with Crippen LogP contribution in [0.2, 0.25) is 0 Å². The van der Waals surface area contributed by atoms with E-state index in [-0.39, 0.29) is 5.82 Å². The monoisotopic (exact) mass is 262 g/mol. The van der Waals surface area contributed by atoms with E-state index < -0.39 is 0 Å². The lowest BCUT2D eigenvalue weighted by atomic mass is 10.3. The summed E-state index contributed by atoms with van der Waals surface area (Å²) in [5, 5.41) is 10.4. The van der Waals surface area contributed by atoms with Crippen LogP contribution in [-0.2, 0) is 0 Å². The smallest absolute Gasteiger partial charge is 0.245 e. The SMILES string of the molecule is Fc1cncc(-c2nc(N3CCCNCC3)n[nH]2)c1. The van der Waals surface area contributed by atoms with Gasteiger partial charge in [-0.15, -0.1) is 5.10 Å². The fourth-order valence-corrected chi connectivity index (χ4v) is 2.11. The van der Waals surface area contributed by atoms with E-state index in [1.54, 1.807) is 6.20 Å². The number of halogens is 1. The average molecular weight is 262 g/mol. The van der Waals surface area contributed by atoms with Gasteiger partial charge in [0.25, 0.3) is 0 Å². The Morgan fingerprint density at radius 2 is 2.16 bits per heavy atom. The largest absolute Gasteiger partial charge is 0.338 e. The Bertz CT molecular complexity index is 547. The van der Waals surface area contributed by atoms with Gasteiger partial charge in [0.05, 0.1) is 6.20 Å². The van der Waals surface area contributed by atoms with Gasteiger partial charge < -0.3 is 10.2 Å². The highest BCUT2D eigenvalue weighted by Gasteiger charge is 2.15. The first-order chi connectivity index (χ1) is 9.33. The van der Waals surface area contributed by atoms with E-state index in [1.807, 2.05) is 0 Å². The summed E-state index contributed by atoms with van der Waals surface area (Å²) in [6.07, 6.45) is 3.80. The van der Waals surface area contributed by atoms with Gasteiger partial charge in [0.2, 0.25) is 5.95 Å². The molecule has 19 heavy (non-hydrogen) atoms. The highest BCUT2D eigenvalue weighted by Crippen LogP contribution is 2.17. The van der Waals surface area contributed by atoms with Crippen LogP contribution in [0.3, 0.4) is 0 Å². The van der Waals surface area contributed by atoms with Gasteiger partial charge in [0, 0.05) is 31.4 Å². The number of pyridine rings is 1. The van der Waals surface area contributed by atoms with E-state index in [1.165, 1.54) is 12.3 Å². The lowest BCUT2D eigenvalue weighted by molar-refractivity contribution is 0.622. The van der Waals surface area contributed by atoms with Crippen molar-refractivity contribution >= 4 is 5.95 Å². The van der Waals surface area contributed by atoms with Crippen LogP contribution in [0.1, 0.15) is 6.42 Å². The molecule has 1 fully saturated rings. The Balaban J connectivity index is 1.82. The van der Waals surface area contributed by atoms with Crippen molar-refractivity contribution in [1.82, 2.24) is 25.5 Å². The Kier molecular flexibility index (Phi) is 3.37. The van der Waals surface area contributed by atoms with Crippen molar-refractivity contribution in [3.8, 4) is 11.4 Å². The normalized spacial score (nSPS) is 16.4. The van der Waals surface area contributed by atoms with E-state index in [2.05, 4.69) is 30.4 Å². The summed E-state index contributed by atoms with van der Waals surface area (Å²) in [7, 11) is 0. The topological polar surface area (TPSA) is 69.7 Å². The van der Waals surface area contributed by atoms with E-state index in [0.29, 0.717) is 17.3 Å². The second-order valence-electron chi connectivity index (χ2n) is 4.47. The zero-order chi connectivity index (χ0) is 13.1. The van der Waals surface area contributed by atoms with E-state index in [0.717, 1.165) is 32.6 Å². The first-order valence-corrected chi connectivity index (χ1v) is 6.32. The maximum absolute atomic E-state index is 13.1. The predicted molar refractivity (Wildman–Crippen MR) is 69.3 cm³/mol. The molecule has 0 bridgehead atoms. The van der Waals surface area contributed by atoms with Crippen LogP contribution in [-0.4, -0.2) is 46.3 Å². The molecule has 0 saturated carbocycles. The molecule has 3 heterocycles. The van der Waals surface area contributed by atoms with Crippen molar-refractivity contribution in [2.24, 2.45) is 0 Å². The second kappa shape index (κ2) is 5.31. The van der Waals surface area contributed by atoms with Crippen LogP contribution in [0.25, 0.3) is 11.4 Å². The second-order valence-corrected chi connectivity index (χ2v) is 4.47. The predicted octanol–water partition coefficient (Wildman–Crippen LogP) is 0.805. The van der Waals surface area contributed by atoms with Gasteiger partial charge in [-0.2, -0.15) is 4.98 Å². The van der Waals surface area contributed by atoms with E-state index >= 15 is 0 Å². The van der Waals surface area contributed by atoms with Crippen LogP contribution < -0.4 is 10.2 Å². The summed E-state index contributed by atoms with van der Waals surface area (Å²) in [6.45, 7) is 3.73. The fraction of sp³-hybridized carbons (Fsp3) is 0.417. The zero-order valence-electron chi connectivity index (χ0n) is 10.4. The maximum atomic E-state index is 13.1. The van der Waals surface area contributed by atoms with Gasteiger partial charge in [-0.3, -0.25) is 10.1 Å². The maximum Gasteiger partial charge on any atom is 0.245 e. The third-order valence-electron chi connectivity index (χ3n) is 3.07. The number of nitrogens with one attached hydrogen (secondary N) is 2. The molecule has 2 aromatic rings. The average Bonchev–Trinajstić information content (AvgIpc) is 2.75. The summed E-state index contributed by atoms with van der Waals surface area (Å²) in [4.78, 5) is 10.3. The van der Waals surface area contributed by atoms with Crippen LogP contribution in [0.4, 0.5) is 10.3 Å². The summed E-state index contributed by atoms with van der Waals surface area (Å²) in [5.41, 5.74) is 0.603. The molecule has 0 atom stereocenters. The standard InChI is InChI=1S/C12H15FN6/c13-10-6-9(7-15-8-10)11-16-12(18-17-11)19-4-1-2-14-3-5-19/h6-8,14H,1-5H2,(H,16,17,18). The number of aromatic amines is 1. The molecule has 3 rings (SSSR count). The number of hydrogen-bond acceptors (Lipinski definition) is 5. The summed E-state index contributed by atoms with van der Waals surface area (Å²) in [6, 6.07) is 1.39.